The molecule has 0 atom stereocenters. The van der Waals surface area contributed by atoms with Crippen LogP contribution in [0.5, 0.6) is 0 Å². The van der Waals surface area contributed by atoms with Gasteiger partial charge in [0.05, 0.1) is 0 Å². The van der Waals surface area contributed by atoms with Crippen molar-refractivity contribution in [2.45, 2.75) is 38.6 Å². The van der Waals surface area contributed by atoms with Gasteiger partial charge < -0.3 is 5.32 Å². The highest BCUT2D eigenvalue weighted by Gasteiger charge is 2.18. The number of aromatic nitrogens is 2. The molecule has 2 aromatic rings. The third-order valence-electron chi connectivity index (χ3n) is 4.09. The maximum Gasteiger partial charge on any atom is 0.163 e. The highest BCUT2D eigenvalue weighted by molar-refractivity contribution is 6.29. The maximum atomic E-state index is 6.15. The van der Waals surface area contributed by atoms with Crippen molar-refractivity contribution in [3.8, 4) is 11.4 Å². The molecule has 0 spiro atoms. The predicted molar refractivity (Wildman–Crippen MR) is 87.5 cm³/mol. The average Bonchev–Trinajstić information content (AvgIpc) is 2.50. The Hall–Kier alpha value is -1.61. The summed E-state index contributed by atoms with van der Waals surface area (Å²) in [6, 6.07) is 12.2. The van der Waals surface area contributed by atoms with Crippen LogP contribution in [0.1, 0.15) is 32.6 Å². The fraction of sp³-hybridized carbons (Fsp3) is 0.412. The lowest BCUT2D eigenvalue weighted by Gasteiger charge is -2.27. The zero-order valence-corrected chi connectivity index (χ0v) is 13.0. The Morgan fingerprint density at radius 2 is 1.76 bits per heavy atom. The Bertz CT molecular complexity index is 592. The van der Waals surface area contributed by atoms with Crippen molar-refractivity contribution in [2.75, 3.05) is 5.32 Å². The second-order valence-electron chi connectivity index (χ2n) is 5.87. The number of nitrogens with one attached hydrogen (secondary N) is 1. The van der Waals surface area contributed by atoms with Gasteiger partial charge in [0.2, 0.25) is 0 Å². The first-order valence-electron chi connectivity index (χ1n) is 7.57. The van der Waals surface area contributed by atoms with E-state index in [9.17, 15) is 0 Å². The minimum Gasteiger partial charge on any atom is -0.367 e. The van der Waals surface area contributed by atoms with Gasteiger partial charge in [-0.3, -0.25) is 0 Å². The monoisotopic (exact) mass is 301 g/mol. The Balaban J connectivity index is 1.78. The Labute approximate surface area is 130 Å². The molecule has 1 aromatic carbocycles. The zero-order valence-electron chi connectivity index (χ0n) is 12.2. The van der Waals surface area contributed by atoms with E-state index < -0.39 is 0 Å². The minimum atomic E-state index is 0.482. The van der Waals surface area contributed by atoms with E-state index in [1.807, 2.05) is 36.4 Å². The first-order chi connectivity index (χ1) is 10.2. The van der Waals surface area contributed by atoms with Gasteiger partial charge in [0.1, 0.15) is 11.0 Å². The Kier molecular flexibility index (Phi) is 4.39. The molecule has 3 nitrogen and oxygen atoms in total. The zero-order chi connectivity index (χ0) is 14.7. The van der Waals surface area contributed by atoms with E-state index >= 15 is 0 Å². The van der Waals surface area contributed by atoms with Crippen LogP contribution in [-0.2, 0) is 0 Å². The van der Waals surface area contributed by atoms with Crippen molar-refractivity contribution in [3.63, 3.8) is 0 Å². The molecule has 0 bridgehead atoms. The van der Waals surface area contributed by atoms with Crippen LogP contribution in [0.15, 0.2) is 36.4 Å². The van der Waals surface area contributed by atoms with E-state index in [1.165, 1.54) is 25.7 Å². The molecule has 110 valence electrons. The van der Waals surface area contributed by atoms with Gasteiger partial charge in [0.25, 0.3) is 0 Å². The summed E-state index contributed by atoms with van der Waals surface area (Å²) in [5, 5.41) is 4.00. The van der Waals surface area contributed by atoms with Gasteiger partial charge in [-0.05, 0) is 31.6 Å². The molecule has 1 N–H and O–H groups in total. The molecule has 0 aliphatic heterocycles. The Morgan fingerprint density at radius 3 is 2.48 bits per heavy atom. The number of hydrogen-bond donors (Lipinski definition) is 1. The molecule has 1 aliphatic rings. The van der Waals surface area contributed by atoms with Gasteiger partial charge in [-0.25, -0.2) is 9.97 Å². The summed E-state index contributed by atoms with van der Waals surface area (Å²) >= 11 is 6.15. The molecular formula is C17H20ClN3. The molecular weight excluding hydrogens is 282 g/mol. The van der Waals surface area contributed by atoms with Crippen molar-refractivity contribution in [2.24, 2.45) is 5.92 Å². The van der Waals surface area contributed by atoms with Gasteiger partial charge in [0.15, 0.2) is 5.82 Å². The molecule has 21 heavy (non-hydrogen) atoms. The molecule has 1 fully saturated rings. The summed E-state index contributed by atoms with van der Waals surface area (Å²) in [4.78, 5) is 8.93. The number of halogens is 1. The third-order valence-corrected chi connectivity index (χ3v) is 4.29. The Morgan fingerprint density at radius 1 is 1.05 bits per heavy atom. The number of rotatable bonds is 3. The van der Waals surface area contributed by atoms with E-state index in [2.05, 4.69) is 22.2 Å². The van der Waals surface area contributed by atoms with Crippen LogP contribution in [0.2, 0.25) is 5.15 Å². The van der Waals surface area contributed by atoms with Gasteiger partial charge in [-0.15, -0.1) is 0 Å². The summed E-state index contributed by atoms with van der Waals surface area (Å²) in [6.07, 6.45) is 4.96. The molecule has 0 radical (unpaired) electrons. The van der Waals surface area contributed by atoms with Gasteiger partial charge >= 0.3 is 0 Å². The normalized spacial score (nSPS) is 22.0. The van der Waals surface area contributed by atoms with E-state index in [1.54, 1.807) is 0 Å². The third kappa shape index (κ3) is 3.73. The first kappa shape index (κ1) is 14.3. The molecule has 1 aromatic heterocycles. The van der Waals surface area contributed by atoms with E-state index in [4.69, 9.17) is 11.6 Å². The van der Waals surface area contributed by atoms with Crippen molar-refractivity contribution in [3.05, 3.63) is 41.6 Å². The van der Waals surface area contributed by atoms with Crippen molar-refractivity contribution >= 4 is 17.4 Å². The fourth-order valence-electron chi connectivity index (χ4n) is 2.82. The van der Waals surface area contributed by atoms with E-state index in [-0.39, 0.29) is 0 Å². The van der Waals surface area contributed by atoms with Gasteiger partial charge in [0, 0.05) is 17.7 Å². The number of anilines is 1. The molecule has 0 amide bonds. The summed E-state index contributed by atoms with van der Waals surface area (Å²) in [5.41, 5.74) is 0.986. The number of hydrogen-bond acceptors (Lipinski definition) is 3. The lowest BCUT2D eigenvalue weighted by Crippen LogP contribution is -2.25. The summed E-state index contributed by atoms with van der Waals surface area (Å²) in [6.45, 7) is 2.32. The molecule has 1 aliphatic carbocycles. The first-order valence-corrected chi connectivity index (χ1v) is 7.95. The average molecular weight is 302 g/mol. The smallest absolute Gasteiger partial charge is 0.163 e. The fourth-order valence-corrected chi connectivity index (χ4v) is 3.00. The second kappa shape index (κ2) is 6.44. The molecule has 3 rings (SSSR count). The topological polar surface area (TPSA) is 37.8 Å². The van der Waals surface area contributed by atoms with Crippen LogP contribution in [0.4, 0.5) is 5.82 Å². The largest absolute Gasteiger partial charge is 0.367 e. The molecule has 4 heteroatoms. The van der Waals surface area contributed by atoms with Gasteiger partial charge in [-0.2, -0.15) is 0 Å². The predicted octanol–water partition coefficient (Wildman–Crippen LogP) is 4.79. The molecule has 1 heterocycles. The minimum absolute atomic E-state index is 0.482. The molecule has 0 unspecified atom stereocenters. The lowest BCUT2D eigenvalue weighted by atomic mass is 9.87. The summed E-state index contributed by atoms with van der Waals surface area (Å²) < 4.78 is 0. The second-order valence-corrected chi connectivity index (χ2v) is 6.25. The number of benzene rings is 1. The molecule has 1 saturated carbocycles. The van der Waals surface area contributed by atoms with Crippen LogP contribution in [0, 0.1) is 5.92 Å². The SMILES string of the molecule is CC1CCC(Nc2cc(Cl)nc(-c3ccccc3)n2)CC1. The van der Waals surface area contributed by atoms with Crippen molar-refractivity contribution in [1.29, 1.82) is 0 Å². The van der Waals surface area contributed by atoms with Crippen LogP contribution < -0.4 is 5.32 Å². The van der Waals surface area contributed by atoms with E-state index in [0.29, 0.717) is 17.0 Å². The maximum absolute atomic E-state index is 6.15. The highest BCUT2D eigenvalue weighted by atomic mass is 35.5. The van der Waals surface area contributed by atoms with E-state index in [0.717, 1.165) is 17.3 Å². The summed E-state index contributed by atoms with van der Waals surface area (Å²) in [5.74, 6) is 2.35. The highest BCUT2D eigenvalue weighted by Crippen LogP contribution is 2.27. The van der Waals surface area contributed by atoms with Crippen LogP contribution in [0.25, 0.3) is 11.4 Å². The number of nitrogens with zero attached hydrogens (tertiary/aromatic N) is 2. The molecule has 0 saturated heterocycles. The van der Waals surface area contributed by atoms with Crippen LogP contribution in [0.3, 0.4) is 0 Å². The quantitative estimate of drug-likeness (QED) is 0.828. The summed E-state index contributed by atoms with van der Waals surface area (Å²) in [7, 11) is 0. The standard InChI is InChI=1S/C17H20ClN3/c1-12-7-9-14(10-8-12)19-16-11-15(18)20-17(21-16)13-5-3-2-4-6-13/h2-6,11-12,14H,7-10H2,1H3,(H,19,20,21). The van der Waals surface area contributed by atoms with Crippen LogP contribution >= 0.6 is 11.6 Å². The van der Waals surface area contributed by atoms with Crippen LogP contribution in [-0.4, -0.2) is 16.0 Å². The lowest BCUT2D eigenvalue weighted by molar-refractivity contribution is 0.361. The van der Waals surface area contributed by atoms with Crippen molar-refractivity contribution in [1.82, 2.24) is 9.97 Å². The van der Waals surface area contributed by atoms with Crippen molar-refractivity contribution < 1.29 is 0 Å². The van der Waals surface area contributed by atoms with Gasteiger partial charge in [-0.1, -0.05) is 48.9 Å².